The maximum absolute atomic E-state index is 13.6. The second-order valence-corrected chi connectivity index (χ2v) is 7.34. The number of aryl methyl sites for hydroxylation is 3. The third-order valence-corrected chi connectivity index (χ3v) is 4.95. The molecule has 0 fully saturated rings. The first-order valence-electron chi connectivity index (χ1n) is 9.34. The average Bonchev–Trinajstić information content (AvgIpc) is 3.17. The van der Waals surface area contributed by atoms with Gasteiger partial charge < -0.3 is 14.8 Å². The number of imidazole rings is 1. The molecule has 0 aliphatic rings. The quantitative estimate of drug-likeness (QED) is 0.574. The maximum Gasteiger partial charge on any atom is 0.173 e. The molecule has 1 N–H and O–H groups in total. The molecule has 146 valence electrons. The molecule has 0 saturated carbocycles. The van der Waals surface area contributed by atoms with Crippen LogP contribution < -0.4 is 5.32 Å². The summed E-state index contributed by atoms with van der Waals surface area (Å²) in [6.07, 6.45) is 6.44. The van der Waals surface area contributed by atoms with Crippen LogP contribution in [0.5, 0.6) is 0 Å². The predicted molar refractivity (Wildman–Crippen MR) is 116 cm³/mol. The van der Waals surface area contributed by atoms with E-state index in [4.69, 9.17) is 12.2 Å². The van der Waals surface area contributed by atoms with Crippen molar-refractivity contribution in [2.75, 3.05) is 11.9 Å². The Morgan fingerprint density at radius 1 is 1.21 bits per heavy atom. The highest BCUT2D eigenvalue weighted by molar-refractivity contribution is 7.80. The lowest BCUT2D eigenvalue weighted by molar-refractivity contribution is 0.395. The highest BCUT2D eigenvalue weighted by atomic mass is 32.1. The van der Waals surface area contributed by atoms with Crippen LogP contribution in [-0.4, -0.2) is 26.1 Å². The summed E-state index contributed by atoms with van der Waals surface area (Å²) in [5.74, 6) is -0.232. The van der Waals surface area contributed by atoms with Gasteiger partial charge in [0.05, 0.1) is 6.33 Å². The molecule has 3 aromatic rings. The van der Waals surface area contributed by atoms with Gasteiger partial charge in [0.15, 0.2) is 5.11 Å². The van der Waals surface area contributed by atoms with E-state index in [9.17, 15) is 4.39 Å². The first-order chi connectivity index (χ1) is 13.5. The summed E-state index contributed by atoms with van der Waals surface area (Å²) in [7, 11) is 0. The van der Waals surface area contributed by atoms with E-state index >= 15 is 0 Å². The van der Waals surface area contributed by atoms with Crippen LogP contribution in [0.3, 0.4) is 0 Å². The molecule has 6 heteroatoms. The van der Waals surface area contributed by atoms with Crippen LogP contribution in [0.25, 0.3) is 0 Å². The number of benzene rings is 2. The summed E-state index contributed by atoms with van der Waals surface area (Å²) < 4.78 is 15.7. The van der Waals surface area contributed by atoms with Crippen molar-refractivity contribution in [3.8, 4) is 0 Å². The van der Waals surface area contributed by atoms with Crippen molar-refractivity contribution in [3.63, 3.8) is 0 Å². The van der Waals surface area contributed by atoms with Gasteiger partial charge in [-0.1, -0.05) is 24.3 Å². The molecule has 4 nitrogen and oxygen atoms in total. The van der Waals surface area contributed by atoms with Gasteiger partial charge in [-0.05, 0) is 67.4 Å². The summed E-state index contributed by atoms with van der Waals surface area (Å²) in [5.41, 5.74) is 4.21. The normalized spacial score (nSPS) is 10.7. The van der Waals surface area contributed by atoms with E-state index in [1.807, 2.05) is 23.2 Å². The van der Waals surface area contributed by atoms with E-state index in [1.54, 1.807) is 18.3 Å². The van der Waals surface area contributed by atoms with Gasteiger partial charge in [0.25, 0.3) is 0 Å². The number of hydrogen-bond acceptors (Lipinski definition) is 2. The standard InChI is InChI=1S/C22H25FN4S/c1-17-7-8-18(2)21(13-17)25-22(28)27(11-4-10-26-12-9-24-16-26)15-19-5-3-6-20(23)14-19/h3,5-9,12-14,16H,4,10-11,15H2,1-2H3,(H,25,28). The molecule has 0 saturated heterocycles. The number of anilines is 1. The Balaban J connectivity index is 1.71. The minimum absolute atomic E-state index is 0.232. The molecule has 0 amide bonds. The number of rotatable bonds is 7. The van der Waals surface area contributed by atoms with Crippen molar-refractivity contribution < 1.29 is 4.39 Å². The second-order valence-electron chi connectivity index (χ2n) is 6.95. The molecule has 0 spiro atoms. The topological polar surface area (TPSA) is 33.1 Å². The molecule has 0 aliphatic heterocycles. The molecule has 0 aliphatic carbocycles. The predicted octanol–water partition coefficient (Wildman–Crippen LogP) is 4.93. The lowest BCUT2D eigenvalue weighted by Crippen LogP contribution is -2.35. The molecular weight excluding hydrogens is 371 g/mol. The summed E-state index contributed by atoms with van der Waals surface area (Å²) in [5, 5.41) is 4.02. The minimum Gasteiger partial charge on any atom is -0.345 e. The van der Waals surface area contributed by atoms with E-state index in [0.29, 0.717) is 11.7 Å². The zero-order valence-electron chi connectivity index (χ0n) is 16.2. The molecule has 1 heterocycles. The van der Waals surface area contributed by atoms with Crippen LogP contribution in [0.1, 0.15) is 23.1 Å². The van der Waals surface area contributed by atoms with Crippen molar-refractivity contribution in [1.82, 2.24) is 14.5 Å². The molecule has 0 unspecified atom stereocenters. The van der Waals surface area contributed by atoms with Crippen molar-refractivity contribution in [2.24, 2.45) is 0 Å². The molecule has 0 bridgehead atoms. The van der Waals surface area contributed by atoms with E-state index in [2.05, 4.69) is 47.2 Å². The van der Waals surface area contributed by atoms with Crippen molar-refractivity contribution in [1.29, 1.82) is 0 Å². The van der Waals surface area contributed by atoms with E-state index in [1.165, 1.54) is 11.6 Å². The minimum atomic E-state index is -0.232. The van der Waals surface area contributed by atoms with Crippen LogP contribution in [0.4, 0.5) is 10.1 Å². The molecule has 2 aromatic carbocycles. The number of aromatic nitrogens is 2. The zero-order valence-corrected chi connectivity index (χ0v) is 17.0. The fourth-order valence-electron chi connectivity index (χ4n) is 3.04. The summed E-state index contributed by atoms with van der Waals surface area (Å²) in [6.45, 7) is 6.28. The van der Waals surface area contributed by atoms with Gasteiger partial charge >= 0.3 is 0 Å². The Labute approximate surface area is 171 Å². The Morgan fingerprint density at radius 3 is 2.82 bits per heavy atom. The average molecular weight is 397 g/mol. The number of hydrogen-bond donors (Lipinski definition) is 1. The Kier molecular flexibility index (Phi) is 6.76. The SMILES string of the molecule is Cc1ccc(C)c(NC(=S)N(CCCn2ccnc2)Cc2cccc(F)c2)c1. The van der Waals surface area contributed by atoms with Crippen molar-refractivity contribution >= 4 is 23.0 Å². The molecule has 0 radical (unpaired) electrons. The monoisotopic (exact) mass is 396 g/mol. The highest BCUT2D eigenvalue weighted by Gasteiger charge is 2.12. The summed E-state index contributed by atoms with van der Waals surface area (Å²) in [4.78, 5) is 6.16. The van der Waals surface area contributed by atoms with E-state index < -0.39 is 0 Å². The first-order valence-corrected chi connectivity index (χ1v) is 9.75. The fraction of sp³-hybridized carbons (Fsp3) is 0.273. The lowest BCUT2D eigenvalue weighted by atomic mass is 10.1. The second kappa shape index (κ2) is 9.46. The Morgan fingerprint density at radius 2 is 2.07 bits per heavy atom. The van der Waals surface area contributed by atoms with Gasteiger partial charge in [-0.25, -0.2) is 9.37 Å². The molecule has 3 rings (SSSR count). The molecule has 0 atom stereocenters. The molecule has 1 aromatic heterocycles. The van der Waals surface area contributed by atoms with Crippen LogP contribution in [0, 0.1) is 19.7 Å². The smallest absolute Gasteiger partial charge is 0.173 e. The van der Waals surface area contributed by atoms with Gasteiger partial charge in [-0.2, -0.15) is 0 Å². The molecular formula is C22H25FN4S. The van der Waals surface area contributed by atoms with Gasteiger partial charge in [0.2, 0.25) is 0 Å². The number of nitrogens with one attached hydrogen (secondary N) is 1. The Bertz CT molecular complexity index is 924. The maximum atomic E-state index is 13.6. The van der Waals surface area contributed by atoms with Crippen molar-refractivity contribution in [3.05, 3.63) is 83.7 Å². The summed E-state index contributed by atoms with van der Waals surface area (Å²) >= 11 is 5.71. The fourth-order valence-corrected chi connectivity index (χ4v) is 3.30. The number of nitrogens with zero attached hydrogens (tertiary/aromatic N) is 3. The van der Waals surface area contributed by atoms with Gasteiger partial charge in [-0.3, -0.25) is 0 Å². The van der Waals surface area contributed by atoms with Crippen LogP contribution in [0.2, 0.25) is 0 Å². The largest absolute Gasteiger partial charge is 0.345 e. The lowest BCUT2D eigenvalue weighted by Gasteiger charge is -2.27. The summed E-state index contributed by atoms with van der Waals surface area (Å²) in [6, 6.07) is 12.9. The third kappa shape index (κ3) is 5.63. The van der Waals surface area contributed by atoms with Gasteiger partial charge in [0.1, 0.15) is 5.82 Å². The van der Waals surface area contributed by atoms with Crippen LogP contribution in [0.15, 0.2) is 61.2 Å². The van der Waals surface area contributed by atoms with Crippen LogP contribution in [-0.2, 0) is 13.1 Å². The third-order valence-electron chi connectivity index (χ3n) is 4.59. The molecule has 28 heavy (non-hydrogen) atoms. The number of thiocarbonyl (C=S) groups is 1. The Hall–Kier alpha value is -2.73. The van der Waals surface area contributed by atoms with Crippen LogP contribution >= 0.6 is 12.2 Å². The zero-order chi connectivity index (χ0) is 19.9. The van der Waals surface area contributed by atoms with Crippen molar-refractivity contribution in [2.45, 2.75) is 33.4 Å². The number of halogens is 1. The van der Waals surface area contributed by atoms with Gasteiger partial charge in [0, 0.05) is 37.7 Å². The van der Waals surface area contributed by atoms with E-state index in [0.717, 1.165) is 36.3 Å². The van der Waals surface area contributed by atoms with E-state index in [-0.39, 0.29) is 5.82 Å². The van der Waals surface area contributed by atoms with Gasteiger partial charge in [-0.15, -0.1) is 0 Å². The first kappa shape index (κ1) is 20.0. The highest BCUT2D eigenvalue weighted by Crippen LogP contribution is 2.18.